The molecular weight excluding hydrogens is 370 g/mol. The Morgan fingerprint density at radius 3 is 2.52 bits per heavy atom. The number of thioether (sulfide) groups is 1. The van der Waals surface area contributed by atoms with Crippen molar-refractivity contribution in [2.75, 3.05) is 23.9 Å². The van der Waals surface area contributed by atoms with Crippen LogP contribution in [0.25, 0.3) is 0 Å². The minimum atomic E-state index is -0.942. The minimum absolute atomic E-state index is 0.117. The normalized spacial score (nSPS) is 11.7. The summed E-state index contributed by atoms with van der Waals surface area (Å²) >= 11 is 1.20. The average molecular weight is 392 g/mol. The molecule has 2 aromatic carbocycles. The molecule has 0 fully saturated rings. The number of halogens is 2. The Kier molecular flexibility index (Phi) is 7.36. The number of carbonyl (C=O) groups excluding carboxylic acids is 2. The van der Waals surface area contributed by atoms with Crippen LogP contribution >= 0.6 is 11.8 Å². The van der Waals surface area contributed by atoms with Crippen LogP contribution in [0.1, 0.15) is 24.1 Å². The van der Waals surface area contributed by atoms with E-state index in [2.05, 4.69) is 5.32 Å². The molecule has 144 valence electrons. The lowest BCUT2D eigenvalue weighted by molar-refractivity contribution is -0.128. The van der Waals surface area contributed by atoms with Gasteiger partial charge in [-0.1, -0.05) is 18.2 Å². The number of amides is 2. The largest absolute Gasteiger partial charge is 0.338 e. The summed E-state index contributed by atoms with van der Waals surface area (Å²) in [6.07, 6.45) is 0. The van der Waals surface area contributed by atoms with Crippen LogP contribution in [-0.4, -0.2) is 35.3 Å². The van der Waals surface area contributed by atoms with E-state index in [0.717, 1.165) is 23.4 Å². The molecule has 0 saturated carbocycles. The lowest BCUT2D eigenvalue weighted by Gasteiger charge is -2.25. The SMILES string of the molecule is Cc1cccc(NC(=O)CSCC(=O)N(C)C(C)c2ccc(F)c(F)c2)c1. The third kappa shape index (κ3) is 6.06. The first-order valence-corrected chi connectivity index (χ1v) is 9.58. The van der Waals surface area contributed by atoms with Crippen molar-refractivity contribution in [1.29, 1.82) is 0 Å². The van der Waals surface area contributed by atoms with E-state index in [1.807, 2.05) is 25.1 Å². The zero-order valence-electron chi connectivity index (χ0n) is 15.5. The molecule has 0 spiro atoms. The molecule has 0 bridgehead atoms. The van der Waals surface area contributed by atoms with E-state index in [9.17, 15) is 18.4 Å². The maximum Gasteiger partial charge on any atom is 0.234 e. The Bertz CT molecular complexity index is 829. The van der Waals surface area contributed by atoms with Crippen molar-refractivity contribution in [2.45, 2.75) is 19.9 Å². The van der Waals surface area contributed by atoms with Gasteiger partial charge >= 0.3 is 0 Å². The Hall–Kier alpha value is -2.41. The fourth-order valence-electron chi connectivity index (χ4n) is 2.46. The van der Waals surface area contributed by atoms with Crippen molar-refractivity contribution in [1.82, 2.24) is 4.90 Å². The van der Waals surface area contributed by atoms with Crippen molar-refractivity contribution in [3.63, 3.8) is 0 Å². The predicted octanol–water partition coefficient (Wildman–Crippen LogP) is 4.16. The lowest BCUT2D eigenvalue weighted by Crippen LogP contribution is -2.31. The van der Waals surface area contributed by atoms with E-state index in [1.54, 1.807) is 20.0 Å². The Morgan fingerprint density at radius 2 is 1.85 bits per heavy atom. The molecule has 4 nitrogen and oxygen atoms in total. The van der Waals surface area contributed by atoms with Crippen LogP contribution in [-0.2, 0) is 9.59 Å². The molecule has 0 aliphatic heterocycles. The summed E-state index contributed by atoms with van der Waals surface area (Å²) in [4.78, 5) is 25.7. The van der Waals surface area contributed by atoms with E-state index in [4.69, 9.17) is 0 Å². The van der Waals surface area contributed by atoms with Gasteiger partial charge in [-0.3, -0.25) is 9.59 Å². The van der Waals surface area contributed by atoms with Gasteiger partial charge in [0.2, 0.25) is 11.8 Å². The van der Waals surface area contributed by atoms with Gasteiger partial charge < -0.3 is 10.2 Å². The fraction of sp³-hybridized carbons (Fsp3) is 0.300. The van der Waals surface area contributed by atoms with Crippen molar-refractivity contribution >= 4 is 29.3 Å². The Morgan fingerprint density at radius 1 is 1.11 bits per heavy atom. The third-order valence-corrected chi connectivity index (χ3v) is 5.08. The van der Waals surface area contributed by atoms with E-state index < -0.39 is 17.7 Å². The standard InChI is InChI=1S/C20H22F2N2O2S/c1-13-5-4-6-16(9-13)23-19(25)11-27-12-20(26)24(3)14(2)15-7-8-17(21)18(22)10-15/h4-10,14H,11-12H2,1-3H3,(H,23,25). The molecule has 27 heavy (non-hydrogen) atoms. The lowest BCUT2D eigenvalue weighted by atomic mass is 10.1. The highest BCUT2D eigenvalue weighted by molar-refractivity contribution is 8.00. The number of aryl methyl sites for hydroxylation is 1. The maximum atomic E-state index is 13.4. The molecule has 0 aromatic heterocycles. The molecule has 0 heterocycles. The summed E-state index contributed by atoms with van der Waals surface area (Å²) in [7, 11) is 1.60. The van der Waals surface area contributed by atoms with Crippen LogP contribution in [0.4, 0.5) is 14.5 Å². The summed E-state index contributed by atoms with van der Waals surface area (Å²) in [5.74, 6) is -1.98. The summed E-state index contributed by atoms with van der Waals surface area (Å²) < 4.78 is 26.4. The van der Waals surface area contributed by atoms with E-state index >= 15 is 0 Å². The molecule has 7 heteroatoms. The highest BCUT2D eigenvalue weighted by Gasteiger charge is 2.19. The van der Waals surface area contributed by atoms with Crippen molar-refractivity contribution in [2.24, 2.45) is 0 Å². The van der Waals surface area contributed by atoms with Crippen molar-refractivity contribution in [3.8, 4) is 0 Å². The van der Waals surface area contributed by atoms with Crippen molar-refractivity contribution in [3.05, 3.63) is 65.2 Å². The first-order valence-electron chi connectivity index (χ1n) is 8.43. The van der Waals surface area contributed by atoms with Gasteiger partial charge in [0.15, 0.2) is 11.6 Å². The van der Waals surface area contributed by atoms with Crippen LogP contribution in [0.5, 0.6) is 0 Å². The van der Waals surface area contributed by atoms with Crippen LogP contribution in [0.2, 0.25) is 0 Å². The first-order chi connectivity index (χ1) is 12.8. The number of anilines is 1. The van der Waals surface area contributed by atoms with Gasteiger partial charge in [-0.25, -0.2) is 8.78 Å². The zero-order valence-corrected chi connectivity index (χ0v) is 16.3. The number of carbonyl (C=O) groups is 2. The summed E-state index contributed by atoms with van der Waals surface area (Å²) in [6, 6.07) is 10.6. The monoisotopic (exact) mass is 392 g/mol. The second kappa shape index (κ2) is 9.50. The molecule has 1 unspecified atom stereocenters. The van der Waals surface area contributed by atoms with Gasteiger partial charge in [0.05, 0.1) is 17.5 Å². The fourth-order valence-corrected chi connectivity index (χ4v) is 3.20. The average Bonchev–Trinajstić information content (AvgIpc) is 2.62. The number of nitrogens with zero attached hydrogens (tertiary/aromatic N) is 1. The number of hydrogen-bond acceptors (Lipinski definition) is 3. The molecule has 0 aliphatic rings. The molecule has 0 aliphatic carbocycles. The van der Waals surface area contributed by atoms with Crippen LogP contribution < -0.4 is 5.32 Å². The predicted molar refractivity (Wildman–Crippen MR) is 105 cm³/mol. The van der Waals surface area contributed by atoms with Crippen LogP contribution in [0.3, 0.4) is 0 Å². The molecule has 0 radical (unpaired) electrons. The van der Waals surface area contributed by atoms with E-state index in [1.165, 1.54) is 22.7 Å². The Labute approximate surface area is 161 Å². The molecule has 2 aromatic rings. The number of rotatable bonds is 7. The highest BCUT2D eigenvalue weighted by Crippen LogP contribution is 2.21. The second-order valence-corrected chi connectivity index (χ2v) is 7.25. The van der Waals surface area contributed by atoms with Gasteiger partial charge in [0, 0.05) is 12.7 Å². The van der Waals surface area contributed by atoms with E-state index in [0.29, 0.717) is 5.56 Å². The van der Waals surface area contributed by atoms with Gasteiger partial charge in [-0.15, -0.1) is 11.8 Å². The second-order valence-electron chi connectivity index (χ2n) is 6.26. The van der Waals surface area contributed by atoms with Gasteiger partial charge in [-0.2, -0.15) is 0 Å². The maximum absolute atomic E-state index is 13.4. The topological polar surface area (TPSA) is 49.4 Å². The van der Waals surface area contributed by atoms with Gasteiger partial charge in [-0.05, 0) is 49.2 Å². The van der Waals surface area contributed by atoms with E-state index in [-0.39, 0.29) is 23.3 Å². The molecule has 2 amide bonds. The van der Waals surface area contributed by atoms with Crippen molar-refractivity contribution < 1.29 is 18.4 Å². The molecule has 2 rings (SSSR count). The summed E-state index contributed by atoms with van der Waals surface area (Å²) in [5.41, 5.74) is 2.27. The quantitative estimate of drug-likeness (QED) is 0.770. The third-order valence-electron chi connectivity index (χ3n) is 4.16. The summed E-state index contributed by atoms with van der Waals surface area (Å²) in [6.45, 7) is 3.67. The molecular formula is C20H22F2N2O2S. The first kappa shape index (κ1) is 20.9. The number of nitrogens with one attached hydrogen (secondary N) is 1. The smallest absolute Gasteiger partial charge is 0.234 e. The number of hydrogen-bond donors (Lipinski definition) is 1. The van der Waals surface area contributed by atoms with Crippen LogP contribution in [0, 0.1) is 18.6 Å². The Balaban J connectivity index is 1.81. The zero-order chi connectivity index (χ0) is 20.0. The summed E-state index contributed by atoms with van der Waals surface area (Å²) in [5, 5.41) is 2.78. The number of benzene rings is 2. The highest BCUT2D eigenvalue weighted by atomic mass is 32.2. The van der Waals surface area contributed by atoms with Gasteiger partial charge in [0.25, 0.3) is 0 Å². The van der Waals surface area contributed by atoms with Crippen LogP contribution in [0.15, 0.2) is 42.5 Å². The molecule has 1 N–H and O–H groups in total. The molecule has 0 saturated heterocycles. The molecule has 1 atom stereocenters. The minimum Gasteiger partial charge on any atom is -0.338 e. The van der Waals surface area contributed by atoms with Gasteiger partial charge in [0.1, 0.15) is 0 Å².